The molecule has 6 nitrogen and oxygen atoms in total. The number of hydrogen-bond donors (Lipinski definition) is 2. The summed E-state index contributed by atoms with van der Waals surface area (Å²) in [6, 6.07) is 10.8. The van der Waals surface area contributed by atoms with Crippen molar-refractivity contribution in [2.75, 3.05) is 11.1 Å². The maximum atomic E-state index is 13.5. The first kappa shape index (κ1) is 28.4. The quantitative estimate of drug-likeness (QED) is 0.259. The molecule has 0 spiro atoms. The Morgan fingerprint density at radius 3 is 1.97 bits per heavy atom. The first-order chi connectivity index (χ1) is 15.7. The molecule has 0 saturated carbocycles. The summed E-state index contributed by atoms with van der Waals surface area (Å²) in [7, 11) is -2.32. The molecule has 0 aliphatic heterocycles. The molecular weight excluding hydrogens is 456 g/mol. The zero-order valence-electron chi connectivity index (χ0n) is 23.2. The zero-order chi connectivity index (χ0) is 27.0. The average Bonchev–Trinajstić information content (AvgIpc) is 2.67. The van der Waals surface area contributed by atoms with Crippen LogP contribution in [0.5, 0.6) is 5.75 Å². The van der Waals surface area contributed by atoms with Crippen molar-refractivity contribution in [3.8, 4) is 5.75 Å². The SMILES string of the molecule is CC(C)(C)OC(=O)c1c(O[Si](C)(C)C(C)(C)C)ccc(N)c1NC(=O)c1ccccc1C(C)(C)C. The van der Waals surface area contributed by atoms with Gasteiger partial charge in [0, 0.05) is 5.56 Å². The normalized spacial score (nSPS) is 12.8. The first-order valence-corrected chi connectivity index (χ1v) is 14.9. The Balaban J connectivity index is 2.67. The van der Waals surface area contributed by atoms with Crippen LogP contribution in [-0.4, -0.2) is 25.8 Å². The standard InChI is InChI=1S/C28H42N2O4Si/c1-26(2,3)19-15-13-12-14-18(19)24(31)30-23-20(29)16-17-21(34-35(10,11)28(7,8)9)22(23)25(32)33-27(4,5)6/h12-17H,29H2,1-11H3,(H,30,31). The van der Waals surface area contributed by atoms with Crippen LogP contribution < -0.4 is 15.5 Å². The predicted molar refractivity (Wildman–Crippen MR) is 147 cm³/mol. The number of nitrogen functional groups attached to an aromatic ring is 1. The van der Waals surface area contributed by atoms with Gasteiger partial charge in [-0.05, 0) is 68.1 Å². The van der Waals surface area contributed by atoms with Gasteiger partial charge in [0.2, 0.25) is 0 Å². The highest BCUT2D eigenvalue weighted by Crippen LogP contribution is 2.41. The lowest BCUT2D eigenvalue weighted by molar-refractivity contribution is 0.00689. The Bertz CT molecular complexity index is 1100. The van der Waals surface area contributed by atoms with Crippen molar-refractivity contribution >= 4 is 31.6 Å². The maximum absolute atomic E-state index is 13.5. The van der Waals surface area contributed by atoms with E-state index in [9.17, 15) is 9.59 Å². The number of amides is 1. The molecule has 0 fully saturated rings. The van der Waals surface area contributed by atoms with Crippen LogP contribution in [0.3, 0.4) is 0 Å². The van der Waals surface area contributed by atoms with Crippen LogP contribution >= 0.6 is 0 Å². The van der Waals surface area contributed by atoms with E-state index < -0.39 is 19.9 Å². The third-order valence-corrected chi connectivity index (χ3v) is 10.5. The molecule has 1 amide bonds. The molecule has 0 saturated heterocycles. The van der Waals surface area contributed by atoms with Crippen molar-refractivity contribution in [3.63, 3.8) is 0 Å². The van der Waals surface area contributed by atoms with E-state index >= 15 is 0 Å². The van der Waals surface area contributed by atoms with Gasteiger partial charge in [-0.1, -0.05) is 59.7 Å². The molecule has 0 aromatic heterocycles. The Morgan fingerprint density at radius 1 is 0.886 bits per heavy atom. The number of anilines is 2. The minimum absolute atomic E-state index is 0.103. The van der Waals surface area contributed by atoms with Crippen molar-refractivity contribution in [3.05, 3.63) is 53.1 Å². The van der Waals surface area contributed by atoms with Gasteiger partial charge in [-0.2, -0.15) is 0 Å². The Labute approximate surface area is 211 Å². The molecule has 2 aromatic carbocycles. The second kappa shape index (κ2) is 9.68. The lowest BCUT2D eigenvalue weighted by Gasteiger charge is -2.37. The Morgan fingerprint density at radius 2 is 1.46 bits per heavy atom. The second-order valence-corrected chi connectivity index (χ2v) is 17.2. The van der Waals surface area contributed by atoms with Gasteiger partial charge in [-0.15, -0.1) is 0 Å². The van der Waals surface area contributed by atoms with Gasteiger partial charge in [-0.3, -0.25) is 4.79 Å². The van der Waals surface area contributed by atoms with Gasteiger partial charge < -0.3 is 20.2 Å². The zero-order valence-corrected chi connectivity index (χ0v) is 24.2. The van der Waals surface area contributed by atoms with Gasteiger partial charge in [0.25, 0.3) is 14.2 Å². The lowest BCUT2D eigenvalue weighted by Crippen LogP contribution is -2.44. The predicted octanol–water partition coefficient (Wildman–Crippen LogP) is 7.16. The molecule has 0 atom stereocenters. The fraction of sp³-hybridized carbons (Fsp3) is 0.500. The minimum Gasteiger partial charge on any atom is -0.543 e. The molecule has 0 radical (unpaired) electrons. The molecule has 2 rings (SSSR count). The number of carbonyl (C=O) groups excluding carboxylic acids is 2. The largest absolute Gasteiger partial charge is 0.543 e. The molecule has 192 valence electrons. The molecule has 0 aliphatic carbocycles. The fourth-order valence-electron chi connectivity index (χ4n) is 3.30. The lowest BCUT2D eigenvalue weighted by atomic mass is 9.83. The van der Waals surface area contributed by atoms with Crippen molar-refractivity contribution in [2.45, 2.75) is 91.5 Å². The maximum Gasteiger partial charge on any atom is 0.344 e. The molecule has 0 unspecified atom stereocenters. The number of hydrogen-bond acceptors (Lipinski definition) is 5. The van der Waals surface area contributed by atoms with Crippen LogP contribution in [0.4, 0.5) is 11.4 Å². The topological polar surface area (TPSA) is 90.7 Å². The van der Waals surface area contributed by atoms with Crippen molar-refractivity contribution < 1.29 is 18.8 Å². The molecule has 3 N–H and O–H groups in total. The van der Waals surface area contributed by atoms with E-state index in [0.29, 0.717) is 11.3 Å². The Hall–Kier alpha value is -2.80. The third kappa shape index (κ3) is 6.87. The van der Waals surface area contributed by atoms with Crippen molar-refractivity contribution in [1.82, 2.24) is 0 Å². The van der Waals surface area contributed by atoms with E-state index in [4.69, 9.17) is 14.9 Å². The number of benzene rings is 2. The summed E-state index contributed by atoms with van der Waals surface area (Å²) in [5.41, 5.74) is 7.34. The van der Waals surface area contributed by atoms with Crippen LogP contribution in [0.1, 0.15) is 88.6 Å². The molecule has 0 heterocycles. The van der Waals surface area contributed by atoms with Gasteiger partial charge in [0.05, 0.1) is 11.4 Å². The fourth-order valence-corrected chi connectivity index (χ4v) is 4.32. The van der Waals surface area contributed by atoms with Crippen LogP contribution in [0.15, 0.2) is 36.4 Å². The summed E-state index contributed by atoms with van der Waals surface area (Å²) in [5, 5.41) is 2.81. The highest BCUT2D eigenvalue weighted by atomic mass is 28.4. The molecule has 0 bridgehead atoms. The van der Waals surface area contributed by atoms with Crippen LogP contribution in [0.2, 0.25) is 18.1 Å². The molecule has 7 heteroatoms. The van der Waals surface area contributed by atoms with Gasteiger partial charge in [0.1, 0.15) is 16.9 Å². The number of nitrogens with one attached hydrogen (secondary N) is 1. The minimum atomic E-state index is -2.32. The first-order valence-electron chi connectivity index (χ1n) is 12.0. The number of nitrogens with two attached hydrogens (primary N) is 1. The summed E-state index contributed by atoms with van der Waals surface area (Å²) in [4.78, 5) is 26.9. The third-order valence-electron chi connectivity index (χ3n) is 6.19. The number of ether oxygens (including phenoxy) is 1. The highest BCUT2D eigenvalue weighted by molar-refractivity contribution is 6.74. The summed E-state index contributed by atoms with van der Waals surface area (Å²) in [6.07, 6.45) is 0. The van der Waals surface area contributed by atoms with Crippen molar-refractivity contribution in [1.29, 1.82) is 0 Å². The van der Waals surface area contributed by atoms with Gasteiger partial charge >= 0.3 is 5.97 Å². The van der Waals surface area contributed by atoms with Gasteiger partial charge in [0.15, 0.2) is 0 Å². The monoisotopic (exact) mass is 498 g/mol. The molecule has 0 aliphatic rings. The highest BCUT2D eigenvalue weighted by Gasteiger charge is 2.40. The van der Waals surface area contributed by atoms with E-state index in [2.05, 4.69) is 39.2 Å². The molecule has 2 aromatic rings. The van der Waals surface area contributed by atoms with E-state index in [1.165, 1.54) is 0 Å². The average molecular weight is 499 g/mol. The van der Waals surface area contributed by atoms with Crippen LogP contribution in [-0.2, 0) is 10.2 Å². The molecule has 35 heavy (non-hydrogen) atoms. The smallest absolute Gasteiger partial charge is 0.344 e. The summed E-state index contributed by atoms with van der Waals surface area (Å²) < 4.78 is 12.2. The number of rotatable bonds is 5. The van der Waals surface area contributed by atoms with E-state index in [0.717, 1.165) is 5.56 Å². The molecular formula is C28H42N2O4Si. The Kier molecular flexibility index (Phi) is 7.87. The van der Waals surface area contributed by atoms with Crippen LogP contribution in [0, 0.1) is 0 Å². The summed E-state index contributed by atoms with van der Waals surface area (Å²) >= 11 is 0. The summed E-state index contributed by atoms with van der Waals surface area (Å²) in [6.45, 7) is 22.1. The second-order valence-electron chi connectivity index (χ2n) is 12.5. The number of esters is 1. The summed E-state index contributed by atoms with van der Waals surface area (Å²) in [5.74, 6) is -0.589. The van der Waals surface area contributed by atoms with E-state index in [1.54, 1.807) is 39.0 Å². The van der Waals surface area contributed by atoms with E-state index in [1.807, 2.05) is 39.0 Å². The van der Waals surface area contributed by atoms with Crippen LogP contribution in [0.25, 0.3) is 0 Å². The number of carbonyl (C=O) groups is 2. The van der Waals surface area contributed by atoms with E-state index in [-0.39, 0.29) is 33.3 Å². The van der Waals surface area contributed by atoms with Crippen molar-refractivity contribution in [2.24, 2.45) is 0 Å². The van der Waals surface area contributed by atoms with Gasteiger partial charge in [-0.25, -0.2) is 4.79 Å².